The largest absolute Gasteiger partial charge is 0.352 e. The molecule has 0 aromatic heterocycles. The van der Waals surface area contributed by atoms with E-state index >= 15 is 0 Å². The smallest absolute Gasteiger partial charge is 0.234 e. The van der Waals surface area contributed by atoms with Crippen molar-refractivity contribution in [1.82, 2.24) is 10.2 Å². The number of rotatable bonds is 6. The molecule has 3 aliphatic rings. The third-order valence-electron chi connectivity index (χ3n) is 6.38. The fourth-order valence-corrected chi connectivity index (χ4v) is 4.85. The van der Waals surface area contributed by atoms with Crippen LogP contribution in [-0.2, 0) is 20.7 Å². The second-order valence-electron chi connectivity index (χ2n) is 8.24. The Labute approximate surface area is 162 Å². The van der Waals surface area contributed by atoms with Crippen LogP contribution >= 0.6 is 0 Å². The second-order valence-corrected chi connectivity index (χ2v) is 8.24. The molecular formula is C22H32N2O3. The third-order valence-corrected chi connectivity index (χ3v) is 6.38. The van der Waals surface area contributed by atoms with Crippen molar-refractivity contribution in [2.24, 2.45) is 0 Å². The second kappa shape index (κ2) is 8.72. The fourth-order valence-electron chi connectivity index (χ4n) is 4.85. The molecule has 2 heterocycles. The third kappa shape index (κ3) is 4.89. The van der Waals surface area contributed by atoms with Gasteiger partial charge in [0, 0.05) is 24.9 Å². The van der Waals surface area contributed by atoms with E-state index in [9.17, 15) is 4.79 Å². The first-order chi connectivity index (χ1) is 13.2. The van der Waals surface area contributed by atoms with Crippen LogP contribution in [0.2, 0.25) is 0 Å². The summed E-state index contributed by atoms with van der Waals surface area (Å²) >= 11 is 0. The van der Waals surface area contributed by atoms with E-state index < -0.39 is 0 Å². The summed E-state index contributed by atoms with van der Waals surface area (Å²) in [7, 11) is 0. The van der Waals surface area contributed by atoms with Crippen LogP contribution in [0.1, 0.15) is 50.5 Å². The van der Waals surface area contributed by atoms with Gasteiger partial charge in [0.1, 0.15) is 0 Å². The van der Waals surface area contributed by atoms with Gasteiger partial charge >= 0.3 is 0 Å². The highest BCUT2D eigenvalue weighted by molar-refractivity contribution is 5.78. The Kier molecular flexibility index (Phi) is 6.11. The Balaban J connectivity index is 1.20. The summed E-state index contributed by atoms with van der Waals surface area (Å²) in [6, 6.07) is 11.5. The van der Waals surface area contributed by atoms with E-state index in [1.54, 1.807) is 0 Å². The van der Waals surface area contributed by atoms with E-state index in [-0.39, 0.29) is 17.7 Å². The van der Waals surface area contributed by atoms with Crippen molar-refractivity contribution >= 4 is 5.91 Å². The van der Waals surface area contributed by atoms with Crippen LogP contribution in [-0.4, -0.2) is 55.0 Å². The monoisotopic (exact) mass is 372 g/mol. The molecule has 1 aliphatic carbocycles. The maximum atomic E-state index is 12.6. The molecule has 1 aromatic rings. The van der Waals surface area contributed by atoms with Gasteiger partial charge in [-0.05, 0) is 50.6 Å². The number of nitrogens with one attached hydrogen (secondary N) is 1. The average molecular weight is 373 g/mol. The molecule has 0 radical (unpaired) electrons. The molecule has 1 amide bonds. The number of likely N-dealkylation sites (tertiary alicyclic amines) is 1. The summed E-state index contributed by atoms with van der Waals surface area (Å²) in [6.45, 7) is 2.99. The van der Waals surface area contributed by atoms with E-state index in [0.717, 1.165) is 45.1 Å². The van der Waals surface area contributed by atoms with Crippen molar-refractivity contribution in [2.75, 3.05) is 26.3 Å². The molecule has 0 unspecified atom stereocenters. The molecule has 1 N–H and O–H groups in total. The van der Waals surface area contributed by atoms with Crippen LogP contribution in [0.5, 0.6) is 0 Å². The standard InChI is InChI=1S/C22H32N2O3/c25-21(23-19-10-12-22(13-11-19)26-15-16-27-22)17-24-14-4-7-20(24)9-8-18-5-2-1-3-6-18/h1-3,5-6,19-20H,4,7-17H2,(H,23,25)/t20-/m1/s1. The number of nitrogens with zero attached hydrogens (tertiary/aromatic N) is 1. The maximum absolute atomic E-state index is 12.6. The first kappa shape index (κ1) is 18.9. The topological polar surface area (TPSA) is 50.8 Å². The summed E-state index contributed by atoms with van der Waals surface area (Å²) in [5.41, 5.74) is 1.39. The number of hydrogen-bond acceptors (Lipinski definition) is 4. The van der Waals surface area contributed by atoms with E-state index in [2.05, 4.69) is 40.5 Å². The number of benzene rings is 1. The highest BCUT2D eigenvalue weighted by Crippen LogP contribution is 2.35. The zero-order chi connectivity index (χ0) is 18.5. The molecule has 1 aromatic carbocycles. The number of aryl methyl sites for hydroxylation is 1. The maximum Gasteiger partial charge on any atom is 0.234 e. The number of carbonyl (C=O) groups is 1. The van der Waals surface area contributed by atoms with Crippen molar-refractivity contribution in [3.05, 3.63) is 35.9 Å². The van der Waals surface area contributed by atoms with Gasteiger partial charge in [0.15, 0.2) is 5.79 Å². The highest BCUT2D eigenvalue weighted by atomic mass is 16.7. The van der Waals surface area contributed by atoms with Crippen LogP contribution in [0.15, 0.2) is 30.3 Å². The molecular weight excluding hydrogens is 340 g/mol. The van der Waals surface area contributed by atoms with E-state index in [0.29, 0.717) is 25.8 Å². The molecule has 4 rings (SSSR count). The normalized spacial score (nSPS) is 25.9. The Morgan fingerprint density at radius 2 is 1.85 bits per heavy atom. The van der Waals surface area contributed by atoms with Gasteiger partial charge in [-0.25, -0.2) is 0 Å². The number of amides is 1. The van der Waals surface area contributed by atoms with Gasteiger partial charge in [-0.3, -0.25) is 9.69 Å². The summed E-state index contributed by atoms with van der Waals surface area (Å²) in [5, 5.41) is 3.25. The predicted octanol–water partition coefficient (Wildman–Crippen LogP) is 2.89. The lowest BCUT2D eigenvalue weighted by Crippen LogP contribution is -2.47. The minimum Gasteiger partial charge on any atom is -0.352 e. The molecule has 1 saturated carbocycles. The molecule has 2 aliphatic heterocycles. The quantitative estimate of drug-likeness (QED) is 0.834. The Bertz CT molecular complexity index is 605. The lowest BCUT2D eigenvalue weighted by atomic mass is 9.90. The van der Waals surface area contributed by atoms with Crippen LogP contribution in [0, 0.1) is 0 Å². The van der Waals surface area contributed by atoms with Crippen LogP contribution in [0.4, 0.5) is 0 Å². The van der Waals surface area contributed by atoms with Crippen LogP contribution < -0.4 is 5.32 Å². The van der Waals surface area contributed by atoms with Crippen molar-refractivity contribution in [3.63, 3.8) is 0 Å². The average Bonchev–Trinajstić information content (AvgIpc) is 3.33. The molecule has 0 bridgehead atoms. The summed E-state index contributed by atoms with van der Waals surface area (Å²) in [4.78, 5) is 15.0. The van der Waals surface area contributed by atoms with E-state index in [1.807, 2.05) is 0 Å². The Morgan fingerprint density at radius 1 is 1.11 bits per heavy atom. The first-order valence-corrected chi connectivity index (χ1v) is 10.6. The highest BCUT2D eigenvalue weighted by Gasteiger charge is 2.40. The molecule has 148 valence electrons. The summed E-state index contributed by atoms with van der Waals surface area (Å²) in [5.74, 6) is -0.172. The van der Waals surface area contributed by atoms with Gasteiger partial charge in [-0.1, -0.05) is 30.3 Å². The van der Waals surface area contributed by atoms with Crippen LogP contribution in [0.3, 0.4) is 0 Å². The number of ether oxygens (including phenoxy) is 2. The van der Waals surface area contributed by atoms with Crippen molar-refractivity contribution in [2.45, 2.75) is 69.2 Å². The number of hydrogen-bond donors (Lipinski definition) is 1. The SMILES string of the molecule is O=C(CN1CCC[C@@H]1CCc1ccccc1)NC1CCC2(CC1)OCCO2. The van der Waals surface area contributed by atoms with Crippen molar-refractivity contribution in [3.8, 4) is 0 Å². The van der Waals surface area contributed by atoms with Gasteiger partial charge in [0.25, 0.3) is 0 Å². The lowest BCUT2D eigenvalue weighted by molar-refractivity contribution is -0.180. The van der Waals surface area contributed by atoms with Gasteiger partial charge < -0.3 is 14.8 Å². The van der Waals surface area contributed by atoms with Gasteiger partial charge in [-0.15, -0.1) is 0 Å². The predicted molar refractivity (Wildman–Crippen MR) is 104 cm³/mol. The van der Waals surface area contributed by atoms with Gasteiger partial charge in [0.05, 0.1) is 19.8 Å². The van der Waals surface area contributed by atoms with Gasteiger partial charge in [0.2, 0.25) is 5.91 Å². The summed E-state index contributed by atoms with van der Waals surface area (Å²) in [6.07, 6.45) is 8.31. The van der Waals surface area contributed by atoms with E-state index in [4.69, 9.17) is 9.47 Å². The molecule has 27 heavy (non-hydrogen) atoms. The molecule has 1 spiro atoms. The molecule has 2 saturated heterocycles. The minimum absolute atomic E-state index is 0.177. The van der Waals surface area contributed by atoms with Crippen molar-refractivity contribution < 1.29 is 14.3 Å². The molecule has 5 heteroatoms. The molecule has 3 fully saturated rings. The lowest BCUT2D eigenvalue weighted by Gasteiger charge is -2.36. The fraction of sp³-hybridized carbons (Fsp3) is 0.682. The first-order valence-electron chi connectivity index (χ1n) is 10.6. The summed E-state index contributed by atoms with van der Waals surface area (Å²) < 4.78 is 11.6. The van der Waals surface area contributed by atoms with Crippen molar-refractivity contribution in [1.29, 1.82) is 0 Å². The Hall–Kier alpha value is -1.43. The van der Waals surface area contributed by atoms with E-state index in [1.165, 1.54) is 18.4 Å². The minimum atomic E-state index is -0.348. The zero-order valence-corrected chi connectivity index (χ0v) is 16.2. The molecule has 5 nitrogen and oxygen atoms in total. The van der Waals surface area contributed by atoms with Gasteiger partial charge in [-0.2, -0.15) is 0 Å². The zero-order valence-electron chi connectivity index (χ0n) is 16.2. The molecule has 1 atom stereocenters. The van der Waals surface area contributed by atoms with Crippen LogP contribution in [0.25, 0.3) is 0 Å². The number of carbonyl (C=O) groups excluding carboxylic acids is 1. The Morgan fingerprint density at radius 3 is 2.59 bits per heavy atom.